The summed E-state index contributed by atoms with van der Waals surface area (Å²) in [5.74, 6) is -0.931. The molecule has 4 N–H and O–H groups in total. The topological polar surface area (TPSA) is 84.2 Å². The molecule has 0 spiro atoms. The molecule has 0 aliphatic heterocycles. The van der Waals surface area contributed by atoms with Gasteiger partial charge < -0.3 is 16.4 Å². The molecule has 8 heteroatoms. The second-order valence-corrected chi connectivity index (χ2v) is 5.84. The number of nitrogens with one attached hydrogen (secondary N) is 2. The van der Waals surface area contributed by atoms with Gasteiger partial charge in [-0.2, -0.15) is 0 Å². The molecule has 5 nitrogen and oxygen atoms in total. The summed E-state index contributed by atoms with van der Waals surface area (Å²) in [6.07, 6.45) is 0. The molecule has 0 bridgehead atoms. The molecule has 2 aromatic rings. The first-order valence-corrected chi connectivity index (χ1v) is 7.58. The van der Waals surface area contributed by atoms with Crippen LogP contribution in [0.15, 0.2) is 36.4 Å². The van der Waals surface area contributed by atoms with Gasteiger partial charge in [-0.05, 0) is 36.4 Å². The molecule has 0 atom stereocenters. The molecule has 0 saturated carbocycles. The Hall–Kier alpha value is -1.95. The van der Waals surface area contributed by atoms with Crippen LogP contribution < -0.4 is 16.4 Å². The SMILES string of the molecule is NC(=O)c1ccc(NCC(=O)Nc2cc(Cl)ccc2Cl)cc1Cl. The van der Waals surface area contributed by atoms with Crippen LogP contribution in [0.2, 0.25) is 15.1 Å². The summed E-state index contributed by atoms with van der Waals surface area (Å²) in [6.45, 7) is -0.0188. The number of rotatable bonds is 5. The normalized spacial score (nSPS) is 10.2. The van der Waals surface area contributed by atoms with Gasteiger partial charge in [0, 0.05) is 10.7 Å². The highest BCUT2D eigenvalue weighted by atomic mass is 35.5. The van der Waals surface area contributed by atoms with Gasteiger partial charge in [0.2, 0.25) is 11.8 Å². The van der Waals surface area contributed by atoms with Crippen LogP contribution in [0, 0.1) is 0 Å². The molecule has 0 aromatic heterocycles. The second-order valence-electron chi connectivity index (χ2n) is 4.58. The molecule has 0 heterocycles. The van der Waals surface area contributed by atoms with Crippen LogP contribution in [0.25, 0.3) is 0 Å². The number of carbonyl (C=O) groups excluding carboxylic acids is 2. The van der Waals surface area contributed by atoms with E-state index in [2.05, 4.69) is 10.6 Å². The number of halogens is 3. The first-order chi connectivity index (χ1) is 10.9. The molecule has 0 fully saturated rings. The van der Waals surface area contributed by atoms with E-state index in [4.69, 9.17) is 40.5 Å². The lowest BCUT2D eigenvalue weighted by atomic mass is 10.2. The van der Waals surface area contributed by atoms with Gasteiger partial charge in [-0.15, -0.1) is 0 Å². The fourth-order valence-electron chi connectivity index (χ4n) is 1.79. The Morgan fingerprint density at radius 1 is 1.00 bits per heavy atom. The molecular formula is C15H12Cl3N3O2. The van der Waals surface area contributed by atoms with Gasteiger partial charge in [-0.1, -0.05) is 34.8 Å². The summed E-state index contributed by atoms with van der Waals surface area (Å²) in [4.78, 5) is 23.0. The molecule has 2 amide bonds. The van der Waals surface area contributed by atoms with Crippen molar-refractivity contribution in [1.29, 1.82) is 0 Å². The number of anilines is 2. The van der Waals surface area contributed by atoms with Crippen LogP contribution in [0.5, 0.6) is 0 Å². The Kier molecular flexibility index (Phi) is 5.71. The Bertz CT molecular complexity index is 766. The predicted molar refractivity (Wildman–Crippen MR) is 93.6 cm³/mol. The summed E-state index contributed by atoms with van der Waals surface area (Å²) in [6, 6.07) is 9.38. The third-order valence-corrected chi connectivity index (χ3v) is 3.77. The van der Waals surface area contributed by atoms with E-state index in [1.165, 1.54) is 12.1 Å². The molecule has 120 valence electrons. The highest BCUT2D eigenvalue weighted by Gasteiger charge is 2.09. The Balaban J connectivity index is 1.98. The Morgan fingerprint density at radius 3 is 2.39 bits per heavy atom. The largest absolute Gasteiger partial charge is 0.376 e. The van der Waals surface area contributed by atoms with E-state index in [1.54, 1.807) is 24.3 Å². The number of amides is 2. The van der Waals surface area contributed by atoms with Gasteiger partial charge in [-0.25, -0.2) is 0 Å². The molecule has 0 unspecified atom stereocenters. The summed E-state index contributed by atoms with van der Waals surface area (Å²) in [5.41, 5.74) is 6.38. The van der Waals surface area contributed by atoms with Crippen LogP contribution in [0.3, 0.4) is 0 Å². The number of carbonyl (C=O) groups is 2. The zero-order chi connectivity index (χ0) is 17.0. The van der Waals surface area contributed by atoms with Crippen LogP contribution in [-0.4, -0.2) is 18.4 Å². The third-order valence-electron chi connectivity index (χ3n) is 2.89. The summed E-state index contributed by atoms with van der Waals surface area (Å²) >= 11 is 17.8. The minimum Gasteiger partial charge on any atom is -0.376 e. The fourth-order valence-corrected chi connectivity index (χ4v) is 2.41. The standard InChI is InChI=1S/C15H12Cl3N3O2/c16-8-1-4-11(17)13(5-8)21-14(22)7-20-9-2-3-10(15(19)23)12(18)6-9/h1-6,20H,7H2,(H2,19,23)(H,21,22). The van der Waals surface area contributed by atoms with Gasteiger partial charge >= 0.3 is 0 Å². The zero-order valence-electron chi connectivity index (χ0n) is 11.7. The summed E-state index contributed by atoms with van der Waals surface area (Å²) < 4.78 is 0. The zero-order valence-corrected chi connectivity index (χ0v) is 14.0. The van der Waals surface area contributed by atoms with Crippen LogP contribution >= 0.6 is 34.8 Å². The van der Waals surface area contributed by atoms with Gasteiger partial charge in [0.25, 0.3) is 0 Å². The lowest BCUT2D eigenvalue weighted by Gasteiger charge is -2.10. The van der Waals surface area contributed by atoms with Crippen LogP contribution in [0.4, 0.5) is 11.4 Å². The minimum atomic E-state index is -0.616. The van der Waals surface area contributed by atoms with Crippen molar-refractivity contribution < 1.29 is 9.59 Å². The van der Waals surface area contributed by atoms with E-state index < -0.39 is 5.91 Å². The van der Waals surface area contributed by atoms with Crippen LogP contribution in [0.1, 0.15) is 10.4 Å². The maximum absolute atomic E-state index is 11.9. The molecule has 2 rings (SSSR count). The van der Waals surface area contributed by atoms with Gasteiger partial charge in [0.1, 0.15) is 0 Å². The van der Waals surface area contributed by atoms with E-state index in [9.17, 15) is 9.59 Å². The van der Waals surface area contributed by atoms with E-state index in [-0.39, 0.29) is 23.0 Å². The fraction of sp³-hybridized carbons (Fsp3) is 0.0667. The Morgan fingerprint density at radius 2 is 1.74 bits per heavy atom. The molecule has 2 aromatic carbocycles. The molecule has 0 radical (unpaired) electrons. The lowest BCUT2D eigenvalue weighted by Crippen LogP contribution is -2.22. The molecular weight excluding hydrogens is 361 g/mol. The van der Waals surface area contributed by atoms with Crippen molar-refractivity contribution >= 4 is 58.0 Å². The van der Waals surface area contributed by atoms with E-state index in [0.29, 0.717) is 21.4 Å². The van der Waals surface area contributed by atoms with Crippen molar-refractivity contribution in [2.45, 2.75) is 0 Å². The minimum absolute atomic E-state index is 0.0188. The molecule has 0 aliphatic carbocycles. The summed E-state index contributed by atoms with van der Waals surface area (Å²) in [5, 5.41) is 6.58. The van der Waals surface area contributed by atoms with Crippen molar-refractivity contribution in [3.05, 3.63) is 57.0 Å². The first kappa shape index (κ1) is 17.4. The molecule has 23 heavy (non-hydrogen) atoms. The third kappa shape index (κ3) is 4.76. The first-order valence-electron chi connectivity index (χ1n) is 6.45. The predicted octanol–water partition coefficient (Wildman–Crippen LogP) is 3.80. The average molecular weight is 373 g/mol. The van der Waals surface area contributed by atoms with E-state index in [0.717, 1.165) is 0 Å². The lowest BCUT2D eigenvalue weighted by molar-refractivity contribution is -0.114. The number of nitrogens with two attached hydrogens (primary N) is 1. The molecule has 0 saturated heterocycles. The average Bonchev–Trinajstić information content (AvgIpc) is 2.48. The van der Waals surface area contributed by atoms with E-state index in [1.807, 2.05) is 0 Å². The Labute approximate surface area is 147 Å². The number of benzene rings is 2. The van der Waals surface area contributed by atoms with Gasteiger partial charge in [0.05, 0.1) is 27.8 Å². The smallest absolute Gasteiger partial charge is 0.250 e. The van der Waals surface area contributed by atoms with Crippen LogP contribution in [-0.2, 0) is 4.79 Å². The number of hydrogen-bond donors (Lipinski definition) is 3. The van der Waals surface area contributed by atoms with E-state index >= 15 is 0 Å². The van der Waals surface area contributed by atoms with Gasteiger partial charge in [-0.3, -0.25) is 9.59 Å². The monoisotopic (exact) mass is 371 g/mol. The van der Waals surface area contributed by atoms with Crippen molar-refractivity contribution in [2.24, 2.45) is 5.73 Å². The summed E-state index contributed by atoms with van der Waals surface area (Å²) in [7, 11) is 0. The van der Waals surface area contributed by atoms with Gasteiger partial charge in [0.15, 0.2) is 0 Å². The quantitative estimate of drug-likeness (QED) is 0.746. The second kappa shape index (κ2) is 7.55. The number of hydrogen-bond acceptors (Lipinski definition) is 3. The van der Waals surface area contributed by atoms with Crippen molar-refractivity contribution in [3.8, 4) is 0 Å². The molecule has 0 aliphatic rings. The number of primary amides is 1. The van der Waals surface area contributed by atoms with Crippen molar-refractivity contribution in [1.82, 2.24) is 0 Å². The maximum atomic E-state index is 11.9. The highest BCUT2D eigenvalue weighted by Crippen LogP contribution is 2.25. The maximum Gasteiger partial charge on any atom is 0.250 e. The highest BCUT2D eigenvalue weighted by molar-refractivity contribution is 6.35. The van der Waals surface area contributed by atoms with Crippen molar-refractivity contribution in [2.75, 3.05) is 17.2 Å². The van der Waals surface area contributed by atoms with Crippen molar-refractivity contribution in [3.63, 3.8) is 0 Å².